The third kappa shape index (κ3) is 8.48. The summed E-state index contributed by atoms with van der Waals surface area (Å²) >= 11 is 0. The first-order chi connectivity index (χ1) is 28.7. The maximum Gasteiger partial charge on any atom is 0.312 e. The lowest BCUT2D eigenvalue weighted by Gasteiger charge is -2.36. The smallest absolute Gasteiger partial charge is 0.312 e. The number of sulfonamides is 1. The molecule has 3 fully saturated rings. The second-order valence-corrected chi connectivity index (χ2v) is 17.7. The van der Waals surface area contributed by atoms with E-state index in [0.29, 0.717) is 42.6 Å². The normalized spacial score (nSPS) is 20.3. The summed E-state index contributed by atoms with van der Waals surface area (Å²) in [6, 6.07) is 22.0. The van der Waals surface area contributed by atoms with Crippen molar-refractivity contribution >= 4 is 38.2 Å². The van der Waals surface area contributed by atoms with Crippen LogP contribution in [0.15, 0.2) is 96.2 Å². The number of allylic oxidation sites excluding steroid dienone is 1. The molecule has 14 heteroatoms. The largest absolute Gasteiger partial charge is 0.487 e. The van der Waals surface area contributed by atoms with E-state index in [1.165, 1.54) is 55.1 Å². The first kappa shape index (κ1) is 38.9. The van der Waals surface area contributed by atoms with Crippen LogP contribution in [0.2, 0.25) is 0 Å². The summed E-state index contributed by atoms with van der Waals surface area (Å²) in [5.41, 5.74) is 5.15. The van der Waals surface area contributed by atoms with Crippen molar-refractivity contribution in [1.82, 2.24) is 19.6 Å². The van der Waals surface area contributed by atoms with Gasteiger partial charge in [-0.2, -0.15) is 0 Å². The van der Waals surface area contributed by atoms with Crippen molar-refractivity contribution in [1.29, 1.82) is 0 Å². The molecule has 4 aliphatic rings. The predicted molar refractivity (Wildman–Crippen MR) is 222 cm³/mol. The van der Waals surface area contributed by atoms with Crippen molar-refractivity contribution in [2.75, 3.05) is 26.4 Å². The summed E-state index contributed by atoms with van der Waals surface area (Å²) in [7, 11) is -4.56. The van der Waals surface area contributed by atoms with Crippen molar-refractivity contribution < 1.29 is 32.3 Å². The second-order valence-electron chi connectivity index (χ2n) is 16.0. The van der Waals surface area contributed by atoms with Gasteiger partial charge in [0.1, 0.15) is 17.1 Å². The van der Waals surface area contributed by atoms with Crippen LogP contribution < -0.4 is 14.2 Å². The quantitative estimate of drug-likeness (QED) is 0.0866. The molecule has 2 atom stereocenters. The topological polar surface area (TPSA) is 166 Å². The van der Waals surface area contributed by atoms with Crippen LogP contribution in [0.25, 0.3) is 16.6 Å². The van der Waals surface area contributed by atoms with Crippen molar-refractivity contribution in [2.24, 2.45) is 5.92 Å². The third-order valence-electron chi connectivity index (χ3n) is 12.2. The molecule has 13 nitrogen and oxygen atoms in total. The van der Waals surface area contributed by atoms with Crippen LogP contribution in [0, 0.1) is 16.0 Å². The fourth-order valence-electron chi connectivity index (χ4n) is 8.91. The lowest BCUT2D eigenvalue weighted by Crippen LogP contribution is -2.36. The lowest BCUT2D eigenvalue weighted by atomic mass is 9.88. The third-order valence-corrected chi connectivity index (χ3v) is 13.5. The number of pyridine rings is 1. The molecule has 2 unspecified atom stereocenters. The molecule has 2 N–H and O–H groups in total. The minimum atomic E-state index is -4.56. The zero-order valence-electron chi connectivity index (χ0n) is 32.7. The number of nitrogens with zero attached hydrogens (tertiary/aromatic N) is 3. The van der Waals surface area contributed by atoms with E-state index in [0.717, 1.165) is 61.2 Å². The number of fused-ring (bicyclic) bond motifs is 1. The Hall–Kier alpha value is -5.57. The van der Waals surface area contributed by atoms with Gasteiger partial charge in [-0.1, -0.05) is 36.4 Å². The van der Waals surface area contributed by atoms with Gasteiger partial charge in [0.05, 0.1) is 28.2 Å². The van der Waals surface area contributed by atoms with Crippen LogP contribution in [-0.2, 0) is 14.8 Å². The first-order valence-electron chi connectivity index (χ1n) is 20.6. The highest BCUT2D eigenvalue weighted by molar-refractivity contribution is 7.90. The Kier molecular flexibility index (Phi) is 10.9. The molecule has 4 heterocycles. The number of nitro benzene ring substituents is 1. The van der Waals surface area contributed by atoms with E-state index >= 15 is 0 Å². The van der Waals surface area contributed by atoms with Gasteiger partial charge in [-0.15, -0.1) is 0 Å². The first-order valence-corrected chi connectivity index (χ1v) is 22.0. The molecule has 0 radical (unpaired) electrons. The van der Waals surface area contributed by atoms with E-state index in [9.17, 15) is 23.3 Å². The molecule has 0 spiro atoms. The number of hydrogen-bond donors (Lipinski definition) is 2. The summed E-state index contributed by atoms with van der Waals surface area (Å²) in [5, 5.41) is 12.8. The van der Waals surface area contributed by atoms with Gasteiger partial charge in [0.15, 0.2) is 5.75 Å². The van der Waals surface area contributed by atoms with E-state index < -0.39 is 31.4 Å². The number of nitrogens with one attached hydrogen (secondary N) is 2. The SMILES string of the molecule is O=C(NS(=O)(=O)c1ccc(OCC2CCOCC2)c([N+](=O)[O-])c1)c1ccc(C2=CCC(N3CCCC3c3ccccc3C3CC3)CC2)cc1Oc1cnc2[nH]ccc2c1. The molecule has 59 heavy (non-hydrogen) atoms. The number of H-pyrrole nitrogens is 1. The monoisotopic (exact) mass is 817 g/mol. The summed E-state index contributed by atoms with van der Waals surface area (Å²) in [6.07, 6.45) is 14.8. The molecule has 5 aromatic rings. The van der Waals surface area contributed by atoms with Gasteiger partial charge in [-0.25, -0.2) is 18.1 Å². The highest BCUT2D eigenvalue weighted by Crippen LogP contribution is 2.47. The number of aromatic amines is 1. The minimum Gasteiger partial charge on any atom is -0.487 e. The van der Waals surface area contributed by atoms with Crippen LogP contribution in [-0.4, -0.2) is 66.5 Å². The summed E-state index contributed by atoms with van der Waals surface area (Å²) in [4.78, 5) is 35.0. The molecule has 9 rings (SSSR count). The number of likely N-dealkylation sites (tertiary alicyclic amines) is 1. The Morgan fingerprint density at radius 2 is 1.80 bits per heavy atom. The van der Waals surface area contributed by atoms with Crippen LogP contribution in [0.3, 0.4) is 0 Å². The second kappa shape index (κ2) is 16.6. The number of hydrogen-bond acceptors (Lipinski definition) is 10. The van der Waals surface area contributed by atoms with Crippen molar-refractivity contribution in [3.63, 3.8) is 0 Å². The number of nitro groups is 1. The van der Waals surface area contributed by atoms with Crippen molar-refractivity contribution in [2.45, 2.75) is 80.7 Å². The van der Waals surface area contributed by atoms with E-state index in [1.54, 1.807) is 24.4 Å². The minimum absolute atomic E-state index is 0.0269. The molecular weight excluding hydrogens is 771 g/mol. The van der Waals surface area contributed by atoms with E-state index in [2.05, 4.69) is 49.9 Å². The van der Waals surface area contributed by atoms with E-state index in [1.807, 2.05) is 12.1 Å². The molecule has 2 aromatic heterocycles. The fraction of sp³-hybridized carbons (Fsp3) is 0.378. The van der Waals surface area contributed by atoms with Crippen LogP contribution >= 0.6 is 0 Å². The number of aromatic nitrogens is 2. The Labute approximate surface area is 343 Å². The molecular formula is C45H47N5O8S. The zero-order chi connectivity index (χ0) is 40.5. The molecule has 0 bridgehead atoms. The van der Waals surface area contributed by atoms with Gasteiger partial charge >= 0.3 is 5.69 Å². The number of carbonyl (C=O) groups is 1. The van der Waals surface area contributed by atoms with Crippen molar-refractivity contribution in [3.8, 4) is 17.2 Å². The summed E-state index contributed by atoms with van der Waals surface area (Å²) in [6.45, 7) is 2.51. The fourth-order valence-corrected chi connectivity index (χ4v) is 9.89. The van der Waals surface area contributed by atoms with E-state index in [-0.39, 0.29) is 29.6 Å². The number of benzene rings is 3. The molecule has 2 saturated heterocycles. The Balaban J connectivity index is 0.954. The molecule has 1 saturated carbocycles. The highest BCUT2D eigenvalue weighted by Gasteiger charge is 2.36. The summed E-state index contributed by atoms with van der Waals surface area (Å²) < 4.78 is 46.9. The average molecular weight is 818 g/mol. The highest BCUT2D eigenvalue weighted by atomic mass is 32.2. The number of rotatable bonds is 13. The number of ether oxygens (including phenoxy) is 3. The van der Waals surface area contributed by atoms with Crippen LogP contribution in [0.4, 0.5) is 5.69 Å². The van der Waals surface area contributed by atoms with Crippen LogP contribution in [0.1, 0.15) is 96.8 Å². The maximum atomic E-state index is 13.9. The summed E-state index contributed by atoms with van der Waals surface area (Å²) in [5.74, 6) is 0.386. The lowest BCUT2D eigenvalue weighted by molar-refractivity contribution is -0.386. The average Bonchev–Trinajstić information content (AvgIpc) is 3.79. The van der Waals surface area contributed by atoms with Crippen molar-refractivity contribution in [3.05, 3.63) is 124 Å². The Morgan fingerprint density at radius 3 is 2.58 bits per heavy atom. The van der Waals surface area contributed by atoms with Gasteiger partial charge in [-0.3, -0.25) is 19.8 Å². The Bertz CT molecular complexity index is 2530. The predicted octanol–water partition coefficient (Wildman–Crippen LogP) is 8.84. The van der Waals surface area contributed by atoms with Gasteiger partial charge < -0.3 is 19.2 Å². The van der Waals surface area contributed by atoms with Crippen LogP contribution in [0.5, 0.6) is 17.2 Å². The molecule has 2 aliphatic carbocycles. The standard InChI is InChI=1S/C45H47N5O8S/c51-45(48-59(54,55)36-14-16-42(41(26-36)50(52)53)57-28-29-18-22-56-23-19-29)39-15-11-32(25-43(39)58-35-24-33-17-20-46-44(33)47-27-35)30-9-12-34(13-10-30)49-21-3-6-40(49)38-5-2-1-4-37(38)31-7-8-31/h1-2,4-5,9,11,14-17,20,24-27,29,31,34,40H,3,6-8,10,12-13,18-19,21-23,28H2,(H,46,47)(H,48,51). The molecule has 3 aromatic carbocycles. The Morgan fingerprint density at radius 1 is 0.966 bits per heavy atom. The van der Waals surface area contributed by atoms with Gasteiger partial charge in [-0.05, 0) is 135 Å². The molecule has 306 valence electrons. The number of carbonyl (C=O) groups excluding carboxylic acids is 1. The maximum absolute atomic E-state index is 13.9. The van der Waals surface area contributed by atoms with E-state index in [4.69, 9.17) is 14.2 Å². The zero-order valence-corrected chi connectivity index (χ0v) is 33.5. The molecule has 1 amide bonds. The molecule has 2 aliphatic heterocycles. The van der Waals surface area contributed by atoms with Gasteiger partial charge in [0, 0.05) is 42.9 Å². The van der Waals surface area contributed by atoms with Gasteiger partial charge in [0.25, 0.3) is 15.9 Å². The number of amides is 1. The van der Waals surface area contributed by atoms with Gasteiger partial charge in [0.2, 0.25) is 0 Å².